The molecule has 7 nitrogen and oxygen atoms in total. The summed E-state index contributed by atoms with van der Waals surface area (Å²) < 4.78 is 6.13. The lowest BCUT2D eigenvalue weighted by atomic mass is 9.98. The van der Waals surface area contributed by atoms with E-state index in [0.717, 1.165) is 57.6 Å². The summed E-state index contributed by atoms with van der Waals surface area (Å²) in [5, 5.41) is 12.3. The van der Waals surface area contributed by atoms with Gasteiger partial charge >= 0.3 is 0 Å². The number of likely N-dealkylation sites (tertiary alicyclic amines) is 1. The first-order valence-electron chi connectivity index (χ1n) is 13.5. The van der Waals surface area contributed by atoms with Crippen LogP contribution < -0.4 is 10.1 Å². The predicted octanol–water partition coefficient (Wildman–Crippen LogP) is 4.44. The Balaban J connectivity index is 1.40. The molecule has 2 aliphatic heterocycles. The van der Waals surface area contributed by atoms with E-state index in [1.54, 1.807) is 11.9 Å². The quantitative estimate of drug-likeness (QED) is 0.422. The van der Waals surface area contributed by atoms with Gasteiger partial charge in [0.1, 0.15) is 5.75 Å². The summed E-state index contributed by atoms with van der Waals surface area (Å²) in [6, 6.07) is 8.35. The Morgan fingerprint density at radius 2 is 2.00 bits per heavy atom. The average molecular weight is 497 g/mol. The van der Waals surface area contributed by atoms with Gasteiger partial charge in [0.15, 0.2) is 6.29 Å². The number of allylic oxidation sites excluding steroid dienone is 3. The zero-order valence-electron chi connectivity index (χ0n) is 22.3. The molecule has 1 unspecified atom stereocenters. The molecule has 1 saturated heterocycles. The van der Waals surface area contributed by atoms with Crippen molar-refractivity contribution >= 4 is 17.7 Å². The van der Waals surface area contributed by atoms with Gasteiger partial charge < -0.3 is 20.1 Å². The smallest absolute Gasteiger partial charge is 0.222 e. The number of aliphatic hydroxyl groups is 1. The summed E-state index contributed by atoms with van der Waals surface area (Å²) in [4.78, 5) is 21.0. The molecule has 0 spiro atoms. The van der Waals surface area contributed by atoms with E-state index in [1.807, 2.05) is 6.21 Å². The molecule has 36 heavy (non-hydrogen) atoms. The number of nitrogens with zero attached hydrogens (tertiary/aromatic N) is 3. The fourth-order valence-electron chi connectivity index (χ4n) is 4.62. The number of aliphatic hydroxyl groups excluding tert-OH is 1. The summed E-state index contributed by atoms with van der Waals surface area (Å²) in [6.07, 6.45) is 12.3. The minimum absolute atomic E-state index is 0.0702. The van der Waals surface area contributed by atoms with E-state index in [2.05, 4.69) is 65.6 Å². The molecule has 0 saturated carbocycles. The van der Waals surface area contributed by atoms with E-state index >= 15 is 0 Å². The van der Waals surface area contributed by atoms with Gasteiger partial charge in [-0.05, 0) is 73.3 Å². The number of piperidine rings is 1. The number of hydrogen-bond acceptors (Lipinski definition) is 6. The number of nitrogens with one attached hydrogen (secondary N) is 1. The van der Waals surface area contributed by atoms with Crippen molar-refractivity contribution < 1.29 is 14.6 Å². The lowest BCUT2D eigenvalue weighted by molar-refractivity contribution is -0.129. The van der Waals surface area contributed by atoms with Gasteiger partial charge in [0.25, 0.3) is 0 Å². The van der Waals surface area contributed by atoms with Crippen LogP contribution in [0.5, 0.6) is 5.75 Å². The van der Waals surface area contributed by atoms with Crippen molar-refractivity contribution in [1.82, 2.24) is 15.1 Å². The van der Waals surface area contributed by atoms with E-state index in [-0.39, 0.29) is 18.8 Å². The molecule has 3 rings (SSSR count). The Labute approximate surface area is 216 Å². The van der Waals surface area contributed by atoms with Crippen LogP contribution in [0.3, 0.4) is 0 Å². The Morgan fingerprint density at radius 3 is 2.61 bits per heavy atom. The number of carbonyl (C=O) groups is 1. The number of benzene rings is 1. The molecule has 2 aliphatic rings. The molecule has 198 valence electrons. The van der Waals surface area contributed by atoms with Crippen molar-refractivity contribution in [1.29, 1.82) is 0 Å². The summed E-state index contributed by atoms with van der Waals surface area (Å²) in [5.41, 5.74) is 3.68. The Kier molecular flexibility index (Phi) is 11.5. The van der Waals surface area contributed by atoms with Crippen LogP contribution in [0.2, 0.25) is 0 Å². The van der Waals surface area contributed by atoms with Crippen molar-refractivity contribution in [3.63, 3.8) is 0 Å². The van der Waals surface area contributed by atoms with Crippen molar-refractivity contribution in [2.75, 3.05) is 39.9 Å². The van der Waals surface area contributed by atoms with Crippen molar-refractivity contribution in [3.8, 4) is 5.75 Å². The van der Waals surface area contributed by atoms with Crippen LogP contribution in [-0.2, 0) is 4.79 Å². The Bertz CT molecular complexity index is 902. The third kappa shape index (κ3) is 8.49. The molecule has 1 atom stereocenters. The maximum Gasteiger partial charge on any atom is 0.222 e. The van der Waals surface area contributed by atoms with Crippen LogP contribution in [0.1, 0.15) is 64.4 Å². The second-order valence-electron chi connectivity index (χ2n) is 9.72. The topological polar surface area (TPSA) is 77.4 Å². The highest BCUT2D eigenvalue weighted by Crippen LogP contribution is 2.24. The molecule has 1 aromatic carbocycles. The highest BCUT2D eigenvalue weighted by atomic mass is 16.5. The molecule has 1 amide bonds. The molecule has 7 heteroatoms. The van der Waals surface area contributed by atoms with Crippen molar-refractivity contribution in [3.05, 3.63) is 47.7 Å². The van der Waals surface area contributed by atoms with Crippen molar-refractivity contribution in [2.45, 2.75) is 65.1 Å². The van der Waals surface area contributed by atoms with E-state index in [0.29, 0.717) is 25.3 Å². The third-order valence-electron chi connectivity index (χ3n) is 7.12. The summed E-state index contributed by atoms with van der Waals surface area (Å²) >= 11 is 0. The minimum atomic E-state index is 0.0702. The molecular weight excluding hydrogens is 452 g/mol. The van der Waals surface area contributed by atoms with E-state index < -0.39 is 0 Å². The molecule has 2 N–H and O–H groups in total. The minimum Gasteiger partial charge on any atom is -0.493 e. The number of rotatable bonds is 13. The summed E-state index contributed by atoms with van der Waals surface area (Å²) in [6.45, 7) is 7.81. The van der Waals surface area contributed by atoms with Gasteiger partial charge in [-0.25, -0.2) is 0 Å². The standard InChI is InChI=1S/C29H44N4O3/c1-4-23-20-30-29(31-21-23)33-17-14-24(15-18-33)22-36-27-12-10-26(11-13-27)25(5-2)8-6-9-28(35)32(3)16-7-19-34/h8,10-13,20-21,24,29-30,34H,4-7,9,14-19,22H2,1-3H3/b25-8+. The number of aliphatic imine (C=N–C) groups is 1. The highest BCUT2D eigenvalue weighted by molar-refractivity contribution is 5.79. The van der Waals surface area contributed by atoms with Gasteiger partial charge in [-0.2, -0.15) is 0 Å². The summed E-state index contributed by atoms with van der Waals surface area (Å²) in [7, 11) is 1.80. The van der Waals surface area contributed by atoms with Gasteiger partial charge in [-0.3, -0.25) is 14.7 Å². The van der Waals surface area contributed by atoms with Crippen LogP contribution >= 0.6 is 0 Å². The highest BCUT2D eigenvalue weighted by Gasteiger charge is 2.25. The zero-order chi connectivity index (χ0) is 25.8. The zero-order valence-corrected chi connectivity index (χ0v) is 22.3. The number of ether oxygens (including phenoxy) is 1. The second-order valence-corrected chi connectivity index (χ2v) is 9.72. The number of hydrogen-bond donors (Lipinski definition) is 2. The molecule has 0 aliphatic carbocycles. The van der Waals surface area contributed by atoms with E-state index in [1.165, 1.54) is 16.7 Å². The van der Waals surface area contributed by atoms with Crippen LogP contribution in [0.15, 0.2) is 47.1 Å². The fraction of sp³-hybridized carbons (Fsp3) is 0.586. The third-order valence-corrected chi connectivity index (χ3v) is 7.12. The van der Waals surface area contributed by atoms with Crippen LogP contribution in [-0.4, -0.2) is 73.2 Å². The van der Waals surface area contributed by atoms with Crippen molar-refractivity contribution in [2.24, 2.45) is 10.9 Å². The first kappa shape index (κ1) is 27.9. The number of carbonyl (C=O) groups excluding carboxylic acids is 1. The summed E-state index contributed by atoms with van der Waals surface area (Å²) in [5.74, 6) is 1.59. The first-order chi connectivity index (χ1) is 17.5. The first-order valence-corrected chi connectivity index (χ1v) is 13.5. The maximum atomic E-state index is 12.2. The van der Waals surface area contributed by atoms with Crippen LogP contribution in [0.4, 0.5) is 0 Å². The molecule has 0 aromatic heterocycles. The predicted molar refractivity (Wildman–Crippen MR) is 147 cm³/mol. The maximum absolute atomic E-state index is 12.2. The molecule has 0 radical (unpaired) electrons. The Hall–Kier alpha value is -2.64. The Morgan fingerprint density at radius 1 is 1.25 bits per heavy atom. The molecule has 0 bridgehead atoms. The lowest BCUT2D eigenvalue weighted by Crippen LogP contribution is -2.48. The largest absolute Gasteiger partial charge is 0.493 e. The molecule has 1 fully saturated rings. The van der Waals surface area contributed by atoms with Gasteiger partial charge in [0.2, 0.25) is 5.91 Å². The average Bonchev–Trinajstić information content (AvgIpc) is 2.93. The SMILES string of the molecule is CCC1=CNC(N2CCC(COc3ccc(/C(=C/CCC(=O)N(C)CCCO)CC)cc3)CC2)N=C1. The molecule has 1 aromatic rings. The monoisotopic (exact) mass is 496 g/mol. The van der Waals surface area contributed by atoms with Crippen LogP contribution in [0.25, 0.3) is 5.57 Å². The van der Waals surface area contributed by atoms with Gasteiger partial charge in [0, 0.05) is 52.1 Å². The van der Waals surface area contributed by atoms with Crippen LogP contribution in [0, 0.1) is 5.92 Å². The van der Waals surface area contributed by atoms with Gasteiger partial charge in [-0.15, -0.1) is 0 Å². The lowest BCUT2D eigenvalue weighted by Gasteiger charge is -2.36. The normalized spacial score (nSPS) is 19.1. The van der Waals surface area contributed by atoms with Gasteiger partial charge in [0.05, 0.1) is 6.61 Å². The molecule has 2 heterocycles. The molecular formula is C29H44N4O3. The van der Waals surface area contributed by atoms with E-state index in [4.69, 9.17) is 9.84 Å². The number of amides is 1. The fourth-order valence-corrected chi connectivity index (χ4v) is 4.62. The van der Waals surface area contributed by atoms with Gasteiger partial charge in [-0.1, -0.05) is 32.1 Å². The van der Waals surface area contributed by atoms with E-state index in [9.17, 15) is 4.79 Å². The second kappa shape index (κ2) is 14.8.